The van der Waals surface area contributed by atoms with Gasteiger partial charge in [0.15, 0.2) is 0 Å². The summed E-state index contributed by atoms with van der Waals surface area (Å²) in [6, 6.07) is 0. The summed E-state index contributed by atoms with van der Waals surface area (Å²) in [6.45, 7) is 5.69. The average Bonchev–Trinajstić information content (AvgIpc) is 3.10. The molecule has 0 aliphatic heterocycles. The minimum absolute atomic E-state index is 0.419. The zero-order valence-electron chi connectivity index (χ0n) is 10.5. The average molecular weight is 226 g/mol. The quantitative estimate of drug-likeness (QED) is 0.654. The molecule has 0 bridgehead atoms. The van der Waals surface area contributed by atoms with Gasteiger partial charge in [0.05, 0.1) is 5.60 Å². The molecule has 0 saturated heterocycles. The van der Waals surface area contributed by atoms with Gasteiger partial charge in [0.25, 0.3) is 0 Å². The fourth-order valence-corrected chi connectivity index (χ4v) is 2.58. The van der Waals surface area contributed by atoms with Crippen molar-refractivity contribution in [3.8, 4) is 0 Å². The zero-order valence-corrected chi connectivity index (χ0v) is 10.5. The van der Waals surface area contributed by atoms with Crippen LogP contribution in [0.2, 0.25) is 0 Å². The van der Waals surface area contributed by atoms with Crippen LogP contribution in [0.15, 0.2) is 0 Å². The van der Waals surface area contributed by atoms with Gasteiger partial charge < -0.3 is 15.7 Å². The van der Waals surface area contributed by atoms with E-state index < -0.39 is 5.60 Å². The van der Waals surface area contributed by atoms with Crippen molar-refractivity contribution in [3.63, 3.8) is 0 Å². The predicted molar refractivity (Wildman–Crippen MR) is 66.2 cm³/mol. The highest BCUT2D eigenvalue weighted by atomic mass is 16.3. The van der Waals surface area contributed by atoms with E-state index in [9.17, 15) is 5.11 Å². The number of hydrogen-bond acceptors (Lipinski definition) is 3. The van der Waals surface area contributed by atoms with Crippen LogP contribution in [0.3, 0.4) is 0 Å². The lowest BCUT2D eigenvalue weighted by molar-refractivity contribution is -0.00934. The Labute approximate surface area is 99.0 Å². The van der Waals surface area contributed by atoms with Crippen molar-refractivity contribution >= 4 is 0 Å². The third-order valence-electron chi connectivity index (χ3n) is 3.94. The standard InChI is InChI=1S/C13H26N2O/c1-2-7-15(8-11-3-4-11)10-13(16,9-14)12-5-6-12/h11-12,16H,2-10,14H2,1H3. The topological polar surface area (TPSA) is 49.5 Å². The van der Waals surface area contributed by atoms with Crippen molar-refractivity contribution < 1.29 is 5.11 Å². The van der Waals surface area contributed by atoms with E-state index in [1.165, 1.54) is 19.4 Å². The second-order valence-electron chi connectivity index (χ2n) is 5.76. The molecule has 2 saturated carbocycles. The fraction of sp³-hybridized carbons (Fsp3) is 1.00. The first-order chi connectivity index (χ1) is 7.68. The molecule has 2 rings (SSSR count). The van der Waals surface area contributed by atoms with Crippen molar-refractivity contribution in [1.29, 1.82) is 0 Å². The Morgan fingerprint density at radius 3 is 2.44 bits per heavy atom. The third-order valence-corrected chi connectivity index (χ3v) is 3.94. The van der Waals surface area contributed by atoms with Crippen LogP contribution in [0.1, 0.15) is 39.0 Å². The van der Waals surface area contributed by atoms with Gasteiger partial charge >= 0.3 is 0 Å². The number of aliphatic hydroxyl groups is 1. The normalized spacial score (nSPS) is 24.8. The number of hydrogen-bond donors (Lipinski definition) is 2. The van der Waals surface area contributed by atoms with Gasteiger partial charge in [-0.05, 0) is 50.5 Å². The number of nitrogens with zero attached hydrogens (tertiary/aromatic N) is 1. The molecule has 0 spiro atoms. The molecule has 1 atom stereocenters. The SMILES string of the molecule is CCCN(CC1CC1)CC(O)(CN)C1CC1. The second kappa shape index (κ2) is 5.03. The Morgan fingerprint density at radius 1 is 1.31 bits per heavy atom. The highest BCUT2D eigenvalue weighted by Crippen LogP contribution is 2.40. The van der Waals surface area contributed by atoms with E-state index in [0.29, 0.717) is 12.5 Å². The van der Waals surface area contributed by atoms with Gasteiger partial charge in [-0.1, -0.05) is 6.92 Å². The molecular weight excluding hydrogens is 200 g/mol. The van der Waals surface area contributed by atoms with Crippen molar-refractivity contribution in [3.05, 3.63) is 0 Å². The van der Waals surface area contributed by atoms with Crippen LogP contribution >= 0.6 is 0 Å². The van der Waals surface area contributed by atoms with Gasteiger partial charge in [-0.3, -0.25) is 0 Å². The fourth-order valence-electron chi connectivity index (χ4n) is 2.58. The highest BCUT2D eigenvalue weighted by Gasteiger charge is 2.44. The summed E-state index contributed by atoms with van der Waals surface area (Å²) in [7, 11) is 0. The van der Waals surface area contributed by atoms with Gasteiger partial charge in [0.1, 0.15) is 0 Å². The maximum Gasteiger partial charge on any atom is 0.0923 e. The number of nitrogens with two attached hydrogens (primary N) is 1. The first-order valence-corrected chi connectivity index (χ1v) is 6.82. The van der Waals surface area contributed by atoms with E-state index in [-0.39, 0.29) is 0 Å². The molecule has 3 N–H and O–H groups in total. The predicted octanol–water partition coefficient (Wildman–Crippen LogP) is 1.21. The van der Waals surface area contributed by atoms with Gasteiger partial charge in [0, 0.05) is 19.6 Å². The lowest BCUT2D eigenvalue weighted by Gasteiger charge is -2.33. The summed E-state index contributed by atoms with van der Waals surface area (Å²) in [5, 5.41) is 10.5. The van der Waals surface area contributed by atoms with Gasteiger partial charge in [-0.2, -0.15) is 0 Å². The first-order valence-electron chi connectivity index (χ1n) is 6.82. The van der Waals surface area contributed by atoms with Crippen LogP contribution in [0.25, 0.3) is 0 Å². The van der Waals surface area contributed by atoms with Gasteiger partial charge in [-0.15, -0.1) is 0 Å². The van der Waals surface area contributed by atoms with E-state index in [0.717, 1.165) is 38.3 Å². The molecule has 0 aromatic heterocycles. The monoisotopic (exact) mass is 226 g/mol. The van der Waals surface area contributed by atoms with Gasteiger partial charge in [-0.25, -0.2) is 0 Å². The van der Waals surface area contributed by atoms with E-state index in [2.05, 4.69) is 11.8 Å². The molecule has 94 valence electrons. The van der Waals surface area contributed by atoms with Crippen molar-refractivity contribution in [2.24, 2.45) is 17.6 Å². The molecule has 2 aliphatic carbocycles. The smallest absolute Gasteiger partial charge is 0.0923 e. The first kappa shape index (κ1) is 12.3. The lowest BCUT2D eigenvalue weighted by Crippen LogP contribution is -2.50. The molecule has 16 heavy (non-hydrogen) atoms. The molecule has 0 aromatic carbocycles. The summed E-state index contributed by atoms with van der Waals surface area (Å²) in [5.41, 5.74) is 5.16. The van der Waals surface area contributed by atoms with Crippen LogP contribution in [-0.4, -0.2) is 41.8 Å². The Hall–Kier alpha value is -0.120. The maximum absolute atomic E-state index is 10.5. The van der Waals surface area contributed by atoms with Crippen molar-refractivity contribution in [2.75, 3.05) is 26.2 Å². The Morgan fingerprint density at radius 2 is 2.00 bits per heavy atom. The van der Waals surface area contributed by atoms with E-state index in [1.54, 1.807) is 0 Å². The van der Waals surface area contributed by atoms with Crippen LogP contribution in [-0.2, 0) is 0 Å². The summed E-state index contributed by atoms with van der Waals surface area (Å²) >= 11 is 0. The highest BCUT2D eigenvalue weighted by molar-refractivity contribution is 4.98. The second-order valence-corrected chi connectivity index (χ2v) is 5.76. The number of rotatable bonds is 8. The molecule has 2 fully saturated rings. The van der Waals surface area contributed by atoms with E-state index >= 15 is 0 Å². The summed E-state index contributed by atoms with van der Waals surface area (Å²) in [5.74, 6) is 1.36. The molecule has 0 aromatic rings. The van der Waals surface area contributed by atoms with Crippen LogP contribution in [0.5, 0.6) is 0 Å². The van der Waals surface area contributed by atoms with Crippen LogP contribution < -0.4 is 5.73 Å². The maximum atomic E-state index is 10.5. The Balaban J connectivity index is 1.85. The summed E-state index contributed by atoms with van der Waals surface area (Å²) in [6.07, 6.45) is 6.25. The summed E-state index contributed by atoms with van der Waals surface area (Å²) < 4.78 is 0. The molecular formula is C13H26N2O. The minimum atomic E-state index is -0.607. The van der Waals surface area contributed by atoms with Crippen LogP contribution in [0, 0.1) is 11.8 Å². The third kappa shape index (κ3) is 3.19. The molecule has 0 radical (unpaired) electrons. The minimum Gasteiger partial charge on any atom is -0.387 e. The molecule has 0 heterocycles. The molecule has 1 unspecified atom stereocenters. The Bertz CT molecular complexity index is 226. The zero-order chi connectivity index (χ0) is 11.6. The molecule has 0 amide bonds. The van der Waals surface area contributed by atoms with E-state index in [1.807, 2.05) is 0 Å². The van der Waals surface area contributed by atoms with Crippen molar-refractivity contribution in [1.82, 2.24) is 4.90 Å². The largest absolute Gasteiger partial charge is 0.387 e. The van der Waals surface area contributed by atoms with E-state index in [4.69, 9.17) is 5.73 Å². The van der Waals surface area contributed by atoms with Crippen molar-refractivity contribution in [2.45, 2.75) is 44.6 Å². The molecule has 2 aliphatic rings. The summed E-state index contributed by atoms with van der Waals surface area (Å²) in [4.78, 5) is 2.43. The lowest BCUT2D eigenvalue weighted by atomic mass is 9.97. The van der Waals surface area contributed by atoms with Gasteiger partial charge in [0.2, 0.25) is 0 Å². The molecule has 3 nitrogen and oxygen atoms in total. The Kier molecular flexibility index (Phi) is 3.88. The molecule has 3 heteroatoms. The van der Waals surface area contributed by atoms with Crippen LogP contribution in [0.4, 0.5) is 0 Å².